The van der Waals surface area contributed by atoms with E-state index in [1.54, 1.807) is 67.8 Å². The van der Waals surface area contributed by atoms with Gasteiger partial charge in [-0.3, -0.25) is 4.79 Å². The SMILES string of the molecule is COc1ccc(NC(=O)c2ccc(C(c3c(O)c4ccccc4oc3=O)c3c(O)c4ccccc4oc3=O)cc2)cc1. The zero-order valence-corrected chi connectivity index (χ0v) is 22.2. The summed E-state index contributed by atoms with van der Waals surface area (Å²) in [5.74, 6) is -1.86. The third-order valence-corrected chi connectivity index (χ3v) is 7.07. The lowest BCUT2D eigenvalue weighted by molar-refractivity contribution is 0.102. The Balaban J connectivity index is 1.49. The molecule has 6 rings (SSSR count). The van der Waals surface area contributed by atoms with Gasteiger partial charge >= 0.3 is 11.3 Å². The Morgan fingerprint density at radius 2 is 1.21 bits per heavy atom. The molecular weight excluding hydrogens is 538 g/mol. The van der Waals surface area contributed by atoms with Gasteiger partial charge in [0.2, 0.25) is 0 Å². The molecule has 0 radical (unpaired) electrons. The Bertz CT molecular complexity index is 1980. The molecule has 9 nitrogen and oxygen atoms in total. The van der Waals surface area contributed by atoms with Gasteiger partial charge < -0.3 is 29.1 Å². The number of aromatic hydroxyl groups is 2. The second-order valence-corrected chi connectivity index (χ2v) is 9.53. The summed E-state index contributed by atoms with van der Waals surface area (Å²) in [5, 5.41) is 25.9. The van der Waals surface area contributed by atoms with Crippen LogP contribution >= 0.6 is 0 Å². The van der Waals surface area contributed by atoms with Crippen molar-refractivity contribution < 1.29 is 28.6 Å². The number of carbonyl (C=O) groups excluding carboxylic acids is 1. The smallest absolute Gasteiger partial charge is 0.344 e. The van der Waals surface area contributed by atoms with Crippen molar-refractivity contribution in [2.45, 2.75) is 5.92 Å². The lowest BCUT2D eigenvalue weighted by Gasteiger charge is -2.20. The van der Waals surface area contributed by atoms with Gasteiger partial charge in [0, 0.05) is 11.3 Å². The second kappa shape index (κ2) is 10.6. The van der Waals surface area contributed by atoms with Crippen LogP contribution in [0.2, 0.25) is 0 Å². The quantitative estimate of drug-likeness (QED) is 0.218. The summed E-state index contributed by atoms with van der Waals surface area (Å²) in [7, 11) is 1.55. The summed E-state index contributed by atoms with van der Waals surface area (Å²) in [6.07, 6.45) is 0. The van der Waals surface area contributed by atoms with E-state index in [2.05, 4.69) is 5.32 Å². The molecule has 0 aliphatic heterocycles. The van der Waals surface area contributed by atoms with Crippen LogP contribution in [0.3, 0.4) is 0 Å². The minimum atomic E-state index is -1.30. The van der Waals surface area contributed by atoms with Crippen LogP contribution in [0.1, 0.15) is 33.0 Å². The van der Waals surface area contributed by atoms with E-state index in [0.29, 0.717) is 17.0 Å². The molecule has 6 aromatic rings. The second-order valence-electron chi connectivity index (χ2n) is 9.53. The van der Waals surface area contributed by atoms with E-state index in [-0.39, 0.29) is 38.6 Å². The largest absolute Gasteiger partial charge is 0.507 e. The lowest BCUT2D eigenvalue weighted by atomic mass is 9.84. The Morgan fingerprint density at radius 3 is 1.71 bits per heavy atom. The Kier molecular flexibility index (Phi) is 6.68. The van der Waals surface area contributed by atoms with E-state index in [4.69, 9.17) is 13.6 Å². The van der Waals surface area contributed by atoms with E-state index in [1.807, 2.05) is 0 Å². The number of nitrogens with one attached hydrogen (secondary N) is 1. The summed E-state index contributed by atoms with van der Waals surface area (Å²) in [4.78, 5) is 39.6. The van der Waals surface area contributed by atoms with Crippen LogP contribution in [0, 0.1) is 0 Å². The van der Waals surface area contributed by atoms with Gasteiger partial charge in [0.1, 0.15) is 28.4 Å². The highest BCUT2D eigenvalue weighted by atomic mass is 16.5. The molecular formula is C33H23NO8. The molecule has 2 heterocycles. The van der Waals surface area contributed by atoms with Crippen molar-refractivity contribution in [1.82, 2.24) is 0 Å². The monoisotopic (exact) mass is 561 g/mol. The number of rotatable bonds is 6. The maximum absolute atomic E-state index is 13.3. The molecule has 3 N–H and O–H groups in total. The Morgan fingerprint density at radius 1 is 0.714 bits per heavy atom. The van der Waals surface area contributed by atoms with Crippen molar-refractivity contribution in [2.24, 2.45) is 0 Å². The fourth-order valence-corrected chi connectivity index (χ4v) is 4.99. The van der Waals surface area contributed by atoms with Gasteiger partial charge in [-0.1, -0.05) is 36.4 Å². The highest BCUT2D eigenvalue weighted by Gasteiger charge is 2.32. The zero-order chi connectivity index (χ0) is 29.4. The predicted molar refractivity (Wildman–Crippen MR) is 157 cm³/mol. The number of methoxy groups -OCH3 is 1. The van der Waals surface area contributed by atoms with Gasteiger partial charge in [0.25, 0.3) is 5.91 Å². The molecule has 1 amide bonds. The molecule has 0 aliphatic rings. The number of ether oxygens (including phenoxy) is 1. The van der Waals surface area contributed by atoms with Gasteiger partial charge in [0.05, 0.1) is 34.9 Å². The molecule has 208 valence electrons. The molecule has 2 aromatic heterocycles. The van der Waals surface area contributed by atoms with Crippen molar-refractivity contribution in [3.05, 3.63) is 140 Å². The molecule has 0 fully saturated rings. The first-order chi connectivity index (χ1) is 20.4. The van der Waals surface area contributed by atoms with E-state index in [1.165, 1.54) is 36.4 Å². The summed E-state index contributed by atoms with van der Waals surface area (Å²) in [6, 6.07) is 25.8. The fraction of sp³-hybridized carbons (Fsp3) is 0.0606. The van der Waals surface area contributed by atoms with Crippen LogP contribution in [0.15, 0.2) is 115 Å². The van der Waals surface area contributed by atoms with Crippen molar-refractivity contribution in [3.63, 3.8) is 0 Å². The zero-order valence-electron chi connectivity index (χ0n) is 22.2. The third kappa shape index (κ3) is 4.62. The fourth-order valence-electron chi connectivity index (χ4n) is 4.99. The van der Waals surface area contributed by atoms with Gasteiger partial charge in [0.15, 0.2) is 0 Å². The molecule has 0 saturated heterocycles. The number of amides is 1. The van der Waals surface area contributed by atoms with Crippen LogP contribution in [0.25, 0.3) is 21.9 Å². The van der Waals surface area contributed by atoms with Crippen LogP contribution < -0.4 is 21.3 Å². The highest BCUT2D eigenvalue weighted by Crippen LogP contribution is 2.41. The minimum absolute atomic E-state index is 0.155. The van der Waals surface area contributed by atoms with Gasteiger partial charge in [-0.2, -0.15) is 0 Å². The molecule has 0 saturated carbocycles. The standard InChI is InChI=1S/C33H23NO8/c1-40-21-16-14-20(15-17-21)34-31(37)19-12-10-18(11-13-19)26(27-29(35)22-6-2-4-8-24(22)41-32(27)38)28-30(36)23-7-3-5-9-25(23)42-33(28)39/h2-17,26,35-36H,1H3,(H,34,37). The molecule has 9 heteroatoms. The van der Waals surface area contributed by atoms with Crippen molar-refractivity contribution in [2.75, 3.05) is 12.4 Å². The van der Waals surface area contributed by atoms with Crippen LogP contribution in [0.4, 0.5) is 5.69 Å². The molecule has 0 spiro atoms. The molecule has 0 bridgehead atoms. The van der Waals surface area contributed by atoms with Gasteiger partial charge in [-0.15, -0.1) is 0 Å². The Hall–Kier alpha value is -5.83. The van der Waals surface area contributed by atoms with Crippen molar-refractivity contribution >= 4 is 33.5 Å². The maximum Gasteiger partial charge on any atom is 0.344 e. The summed E-state index contributed by atoms with van der Waals surface area (Å²) in [6.45, 7) is 0. The Labute approximate surface area is 237 Å². The molecule has 0 aliphatic carbocycles. The molecule has 0 atom stereocenters. The maximum atomic E-state index is 13.3. The van der Waals surface area contributed by atoms with E-state index >= 15 is 0 Å². The average Bonchev–Trinajstić information content (AvgIpc) is 3.00. The topological polar surface area (TPSA) is 139 Å². The number of hydrogen-bond donors (Lipinski definition) is 3. The van der Waals surface area contributed by atoms with Crippen molar-refractivity contribution in [3.8, 4) is 17.2 Å². The van der Waals surface area contributed by atoms with Crippen LogP contribution in [0.5, 0.6) is 17.2 Å². The normalized spacial score (nSPS) is 11.2. The number of hydrogen-bond acceptors (Lipinski definition) is 8. The van der Waals surface area contributed by atoms with Crippen LogP contribution in [-0.2, 0) is 0 Å². The number of carbonyl (C=O) groups is 1. The van der Waals surface area contributed by atoms with E-state index in [0.717, 1.165) is 0 Å². The number of fused-ring (bicyclic) bond motifs is 2. The van der Waals surface area contributed by atoms with Gasteiger partial charge in [-0.25, -0.2) is 9.59 Å². The van der Waals surface area contributed by atoms with E-state index in [9.17, 15) is 24.6 Å². The molecule has 0 unspecified atom stereocenters. The van der Waals surface area contributed by atoms with Crippen LogP contribution in [-0.4, -0.2) is 23.2 Å². The lowest BCUT2D eigenvalue weighted by Crippen LogP contribution is -2.21. The summed E-state index contributed by atoms with van der Waals surface area (Å²) >= 11 is 0. The first-order valence-corrected chi connectivity index (χ1v) is 12.9. The highest BCUT2D eigenvalue weighted by molar-refractivity contribution is 6.04. The third-order valence-electron chi connectivity index (χ3n) is 7.07. The summed E-state index contributed by atoms with van der Waals surface area (Å²) in [5.41, 5.74) is -0.839. The predicted octanol–water partition coefficient (Wildman–Crippen LogP) is 5.75. The first-order valence-electron chi connectivity index (χ1n) is 12.9. The number of anilines is 1. The van der Waals surface area contributed by atoms with E-state index < -0.39 is 34.6 Å². The number of benzene rings is 4. The van der Waals surface area contributed by atoms with Crippen molar-refractivity contribution in [1.29, 1.82) is 0 Å². The average molecular weight is 562 g/mol. The first kappa shape index (κ1) is 26.4. The van der Waals surface area contributed by atoms with Gasteiger partial charge in [-0.05, 0) is 66.2 Å². The number of para-hydroxylation sites is 2. The summed E-state index contributed by atoms with van der Waals surface area (Å²) < 4.78 is 16.2. The molecule has 42 heavy (non-hydrogen) atoms. The minimum Gasteiger partial charge on any atom is -0.507 e. The molecule has 4 aromatic carbocycles.